The van der Waals surface area contributed by atoms with E-state index in [1.54, 1.807) is 6.20 Å². The van der Waals surface area contributed by atoms with Crippen molar-refractivity contribution in [3.8, 4) is 0 Å². The van der Waals surface area contributed by atoms with Crippen molar-refractivity contribution in [2.75, 3.05) is 13.1 Å². The Balaban J connectivity index is 1.73. The molecule has 0 aromatic carbocycles. The fourth-order valence-corrected chi connectivity index (χ4v) is 3.25. The molecule has 3 rings (SSSR count). The maximum atomic E-state index is 12.3. The monoisotopic (exact) mass is 245 g/mol. The van der Waals surface area contributed by atoms with Gasteiger partial charge in [0.05, 0.1) is 5.56 Å². The molecule has 4 heteroatoms. The van der Waals surface area contributed by atoms with Gasteiger partial charge in [0.25, 0.3) is 5.91 Å². The van der Waals surface area contributed by atoms with Gasteiger partial charge in [-0.3, -0.25) is 9.78 Å². The van der Waals surface area contributed by atoms with Crippen molar-refractivity contribution in [1.82, 2.24) is 9.88 Å². The van der Waals surface area contributed by atoms with Gasteiger partial charge in [0.15, 0.2) is 0 Å². The number of fused-ring (bicyclic) bond motifs is 1. The summed E-state index contributed by atoms with van der Waals surface area (Å²) >= 11 is 0. The van der Waals surface area contributed by atoms with Gasteiger partial charge in [-0.1, -0.05) is 0 Å². The Hall–Kier alpha value is -1.42. The molecule has 1 aromatic rings. The quantitative estimate of drug-likeness (QED) is 0.808. The minimum atomic E-state index is 0.101. The van der Waals surface area contributed by atoms with Crippen LogP contribution in [0.3, 0.4) is 0 Å². The van der Waals surface area contributed by atoms with Gasteiger partial charge in [0.2, 0.25) is 0 Å². The lowest BCUT2D eigenvalue weighted by Gasteiger charge is -2.18. The summed E-state index contributed by atoms with van der Waals surface area (Å²) in [7, 11) is 0. The first kappa shape index (κ1) is 11.7. The molecule has 1 aliphatic carbocycles. The number of likely N-dealkylation sites (tertiary alicyclic amines) is 1. The lowest BCUT2D eigenvalue weighted by Crippen LogP contribution is -2.33. The number of nitrogens with two attached hydrogens (primary N) is 1. The van der Waals surface area contributed by atoms with E-state index in [9.17, 15) is 4.79 Å². The molecule has 2 N–H and O–H groups in total. The number of pyridine rings is 1. The van der Waals surface area contributed by atoms with Crippen molar-refractivity contribution in [2.45, 2.75) is 25.8 Å². The molecule has 2 aliphatic rings. The second-order valence-corrected chi connectivity index (χ2v) is 5.56. The topological polar surface area (TPSA) is 59.2 Å². The first-order valence-electron chi connectivity index (χ1n) is 6.62. The number of carbonyl (C=O) groups is 1. The Labute approximate surface area is 107 Å². The Kier molecular flexibility index (Phi) is 2.82. The second-order valence-electron chi connectivity index (χ2n) is 5.56. The minimum absolute atomic E-state index is 0.101. The van der Waals surface area contributed by atoms with Crippen LogP contribution >= 0.6 is 0 Å². The highest BCUT2D eigenvalue weighted by Crippen LogP contribution is 2.37. The third kappa shape index (κ3) is 1.90. The van der Waals surface area contributed by atoms with Gasteiger partial charge >= 0.3 is 0 Å². The number of aryl methyl sites for hydroxylation is 1. The van der Waals surface area contributed by atoms with Crippen molar-refractivity contribution in [1.29, 1.82) is 0 Å². The summed E-state index contributed by atoms with van der Waals surface area (Å²) in [6, 6.07) is 4.03. The summed E-state index contributed by atoms with van der Waals surface area (Å²) < 4.78 is 0. The van der Waals surface area contributed by atoms with Gasteiger partial charge in [-0.15, -0.1) is 0 Å². The number of carbonyl (C=O) groups excluding carboxylic acids is 1. The van der Waals surface area contributed by atoms with Crippen molar-refractivity contribution < 1.29 is 4.79 Å². The average Bonchev–Trinajstić information content (AvgIpc) is 2.92. The molecule has 4 nitrogen and oxygen atoms in total. The molecule has 3 atom stereocenters. The zero-order valence-corrected chi connectivity index (χ0v) is 10.7. The fourth-order valence-electron chi connectivity index (χ4n) is 3.25. The molecular weight excluding hydrogens is 226 g/mol. The van der Waals surface area contributed by atoms with Crippen LogP contribution in [-0.2, 0) is 0 Å². The van der Waals surface area contributed by atoms with Crippen molar-refractivity contribution in [3.05, 3.63) is 29.6 Å². The number of rotatable bonds is 1. The molecule has 1 aromatic heterocycles. The molecular formula is C14H19N3O. The molecule has 1 saturated carbocycles. The second kappa shape index (κ2) is 4.35. The summed E-state index contributed by atoms with van der Waals surface area (Å²) in [4.78, 5) is 18.5. The van der Waals surface area contributed by atoms with Crippen molar-refractivity contribution in [2.24, 2.45) is 17.6 Å². The van der Waals surface area contributed by atoms with Crippen LogP contribution in [0, 0.1) is 18.8 Å². The van der Waals surface area contributed by atoms with Crippen LogP contribution in [0.25, 0.3) is 0 Å². The number of nitrogens with zero attached hydrogens (tertiary/aromatic N) is 2. The largest absolute Gasteiger partial charge is 0.338 e. The van der Waals surface area contributed by atoms with E-state index in [4.69, 9.17) is 5.73 Å². The van der Waals surface area contributed by atoms with Gasteiger partial charge in [-0.2, -0.15) is 0 Å². The predicted octanol–water partition coefficient (Wildman–Crippen LogP) is 1.20. The van der Waals surface area contributed by atoms with Crippen LogP contribution in [-0.4, -0.2) is 34.9 Å². The SMILES string of the molecule is Cc1ccc(C(=O)N2C[C@@H]3CC[C@H](N)[C@@H]3C2)cn1. The molecule has 1 saturated heterocycles. The van der Waals surface area contributed by atoms with E-state index < -0.39 is 0 Å². The lowest BCUT2D eigenvalue weighted by atomic mass is 9.98. The van der Waals surface area contributed by atoms with E-state index >= 15 is 0 Å². The van der Waals surface area contributed by atoms with E-state index in [0.29, 0.717) is 17.4 Å². The Morgan fingerprint density at radius 1 is 1.39 bits per heavy atom. The Bertz CT molecular complexity index is 457. The van der Waals surface area contributed by atoms with Gasteiger partial charge in [0.1, 0.15) is 0 Å². The molecule has 96 valence electrons. The van der Waals surface area contributed by atoms with Crippen molar-refractivity contribution in [3.63, 3.8) is 0 Å². The molecule has 0 spiro atoms. The number of hydrogen-bond acceptors (Lipinski definition) is 3. The maximum Gasteiger partial charge on any atom is 0.255 e. The third-order valence-corrected chi connectivity index (χ3v) is 4.36. The Morgan fingerprint density at radius 3 is 2.89 bits per heavy atom. The Morgan fingerprint density at radius 2 is 2.22 bits per heavy atom. The average molecular weight is 245 g/mol. The molecule has 1 aliphatic heterocycles. The number of aromatic nitrogens is 1. The van der Waals surface area contributed by atoms with Crippen LogP contribution in [0.2, 0.25) is 0 Å². The van der Waals surface area contributed by atoms with Gasteiger partial charge in [0, 0.05) is 31.0 Å². The number of hydrogen-bond donors (Lipinski definition) is 1. The molecule has 2 fully saturated rings. The van der Waals surface area contributed by atoms with Gasteiger partial charge in [-0.05, 0) is 43.7 Å². The fraction of sp³-hybridized carbons (Fsp3) is 0.571. The summed E-state index contributed by atoms with van der Waals surface area (Å²) in [6.07, 6.45) is 3.96. The predicted molar refractivity (Wildman–Crippen MR) is 69.1 cm³/mol. The third-order valence-electron chi connectivity index (χ3n) is 4.36. The standard InChI is InChI=1S/C14H19N3O/c1-9-2-3-10(6-16-9)14(18)17-7-11-4-5-13(15)12(11)8-17/h2-3,6,11-13H,4-5,7-8,15H2,1H3/t11-,12+,13-/m0/s1. The van der Waals surface area contributed by atoms with E-state index in [0.717, 1.165) is 25.2 Å². The summed E-state index contributed by atoms with van der Waals surface area (Å²) in [6.45, 7) is 3.61. The van der Waals surface area contributed by atoms with Crippen LogP contribution in [0.1, 0.15) is 28.9 Å². The molecule has 0 unspecified atom stereocenters. The van der Waals surface area contributed by atoms with E-state index in [1.165, 1.54) is 6.42 Å². The molecule has 2 heterocycles. The molecule has 18 heavy (non-hydrogen) atoms. The summed E-state index contributed by atoms with van der Waals surface area (Å²) in [5, 5.41) is 0. The van der Waals surface area contributed by atoms with Crippen LogP contribution in [0.15, 0.2) is 18.3 Å². The zero-order chi connectivity index (χ0) is 12.7. The molecule has 1 amide bonds. The molecule has 0 radical (unpaired) electrons. The van der Waals surface area contributed by atoms with Crippen molar-refractivity contribution >= 4 is 5.91 Å². The van der Waals surface area contributed by atoms with E-state index in [2.05, 4.69) is 4.98 Å². The van der Waals surface area contributed by atoms with E-state index in [-0.39, 0.29) is 11.9 Å². The first-order valence-corrected chi connectivity index (χ1v) is 6.62. The lowest BCUT2D eigenvalue weighted by molar-refractivity contribution is 0.0779. The van der Waals surface area contributed by atoms with Crippen LogP contribution in [0.5, 0.6) is 0 Å². The molecule has 0 bridgehead atoms. The number of amides is 1. The first-order chi connectivity index (χ1) is 8.65. The van der Waals surface area contributed by atoms with Crippen LogP contribution in [0.4, 0.5) is 0 Å². The summed E-state index contributed by atoms with van der Waals surface area (Å²) in [5.41, 5.74) is 7.72. The van der Waals surface area contributed by atoms with E-state index in [1.807, 2.05) is 24.0 Å². The normalized spacial score (nSPS) is 30.6. The minimum Gasteiger partial charge on any atom is -0.338 e. The highest BCUT2D eigenvalue weighted by Gasteiger charge is 2.42. The smallest absolute Gasteiger partial charge is 0.255 e. The van der Waals surface area contributed by atoms with Gasteiger partial charge < -0.3 is 10.6 Å². The zero-order valence-electron chi connectivity index (χ0n) is 10.7. The van der Waals surface area contributed by atoms with Gasteiger partial charge in [-0.25, -0.2) is 0 Å². The van der Waals surface area contributed by atoms with Crippen LogP contribution < -0.4 is 5.73 Å². The highest BCUT2D eigenvalue weighted by atomic mass is 16.2. The summed E-state index contributed by atoms with van der Waals surface area (Å²) in [5.74, 6) is 1.22. The highest BCUT2D eigenvalue weighted by molar-refractivity contribution is 5.94. The maximum absolute atomic E-state index is 12.3.